The molecule has 56 valence electrons. The average molecular weight is 132 g/mol. The SMILES string of the molecule is NC=CCN.NCCN. The molecule has 0 amide bonds. The van der Waals surface area contributed by atoms with E-state index in [1.54, 1.807) is 6.08 Å². The highest BCUT2D eigenvalue weighted by Crippen LogP contribution is 1.48. The number of rotatable bonds is 2. The van der Waals surface area contributed by atoms with E-state index >= 15 is 0 Å². The summed E-state index contributed by atoms with van der Waals surface area (Å²) in [5.74, 6) is 0. The van der Waals surface area contributed by atoms with Crippen molar-refractivity contribution in [2.45, 2.75) is 0 Å². The molecule has 4 nitrogen and oxygen atoms in total. The molecular formula is C5H16N4. The summed E-state index contributed by atoms with van der Waals surface area (Å²) in [6, 6.07) is 0. The van der Waals surface area contributed by atoms with Gasteiger partial charge in [-0.15, -0.1) is 0 Å². The zero-order valence-corrected chi connectivity index (χ0v) is 5.59. The summed E-state index contributed by atoms with van der Waals surface area (Å²) < 4.78 is 0. The molecule has 0 aromatic rings. The molecule has 0 saturated heterocycles. The Kier molecular flexibility index (Phi) is 19.6. The van der Waals surface area contributed by atoms with Crippen molar-refractivity contribution in [2.75, 3.05) is 19.6 Å². The first-order valence-electron chi connectivity index (χ1n) is 2.80. The quantitative estimate of drug-likeness (QED) is 0.360. The minimum Gasteiger partial charge on any atom is -0.405 e. The maximum absolute atomic E-state index is 4.97. The van der Waals surface area contributed by atoms with Crippen LogP contribution in [0.4, 0.5) is 0 Å². The molecule has 0 fully saturated rings. The van der Waals surface area contributed by atoms with Crippen LogP contribution in [-0.2, 0) is 0 Å². The van der Waals surface area contributed by atoms with E-state index in [4.69, 9.17) is 22.9 Å². The van der Waals surface area contributed by atoms with Gasteiger partial charge in [-0.1, -0.05) is 6.08 Å². The number of hydrogen-bond acceptors (Lipinski definition) is 4. The summed E-state index contributed by atoms with van der Waals surface area (Å²) in [5.41, 5.74) is 19.7. The van der Waals surface area contributed by atoms with Crippen molar-refractivity contribution in [1.29, 1.82) is 0 Å². The summed E-state index contributed by atoms with van der Waals surface area (Å²) in [6.07, 6.45) is 3.11. The molecule has 0 atom stereocenters. The van der Waals surface area contributed by atoms with Crippen LogP contribution in [0.15, 0.2) is 12.3 Å². The third kappa shape index (κ3) is 37.2. The van der Waals surface area contributed by atoms with Gasteiger partial charge in [-0.25, -0.2) is 0 Å². The Bertz CT molecular complexity index is 50.9. The van der Waals surface area contributed by atoms with Gasteiger partial charge in [0.1, 0.15) is 0 Å². The van der Waals surface area contributed by atoms with Crippen LogP contribution in [0, 0.1) is 0 Å². The Morgan fingerprint density at radius 1 is 1.00 bits per heavy atom. The van der Waals surface area contributed by atoms with Crippen LogP contribution >= 0.6 is 0 Å². The van der Waals surface area contributed by atoms with Gasteiger partial charge in [-0.3, -0.25) is 0 Å². The highest BCUT2D eigenvalue weighted by Gasteiger charge is 1.54. The topological polar surface area (TPSA) is 104 Å². The predicted molar refractivity (Wildman–Crippen MR) is 40.5 cm³/mol. The fraction of sp³-hybridized carbons (Fsp3) is 0.600. The second kappa shape index (κ2) is 15.7. The zero-order valence-electron chi connectivity index (χ0n) is 5.59. The summed E-state index contributed by atoms with van der Waals surface area (Å²) in [6.45, 7) is 1.73. The Labute approximate surface area is 55.9 Å². The van der Waals surface area contributed by atoms with Gasteiger partial charge in [0.15, 0.2) is 0 Å². The smallest absolute Gasteiger partial charge is 0.0123 e. The van der Waals surface area contributed by atoms with Crippen LogP contribution in [0.5, 0.6) is 0 Å². The van der Waals surface area contributed by atoms with Crippen molar-refractivity contribution in [3.8, 4) is 0 Å². The van der Waals surface area contributed by atoms with Gasteiger partial charge in [0.05, 0.1) is 0 Å². The Hall–Kier alpha value is -0.580. The molecule has 0 aliphatic carbocycles. The number of nitrogens with two attached hydrogens (primary N) is 4. The van der Waals surface area contributed by atoms with E-state index < -0.39 is 0 Å². The summed E-state index contributed by atoms with van der Waals surface area (Å²) in [4.78, 5) is 0. The van der Waals surface area contributed by atoms with Crippen LogP contribution in [0.25, 0.3) is 0 Å². The lowest BCUT2D eigenvalue weighted by atomic mass is 10.6. The molecule has 9 heavy (non-hydrogen) atoms. The fourth-order valence-electron chi connectivity index (χ4n) is 0.0786. The minimum absolute atomic E-state index is 0.538. The van der Waals surface area contributed by atoms with Gasteiger partial charge >= 0.3 is 0 Å². The lowest BCUT2D eigenvalue weighted by Crippen LogP contribution is -2.11. The van der Waals surface area contributed by atoms with E-state index in [1.165, 1.54) is 6.20 Å². The van der Waals surface area contributed by atoms with Gasteiger partial charge in [-0.2, -0.15) is 0 Å². The van der Waals surface area contributed by atoms with Crippen LogP contribution in [-0.4, -0.2) is 19.6 Å². The first-order valence-corrected chi connectivity index (χ1v) is 2.80. The van der Waals surface area contributed by atoms with E-state index in [0.717, 1.165) is 0 Å². The molecule has 0 aliphatic heterocycles. The third-order valence-electron chi connectivity index (χ3n) is 0.439. The van der Waals surface area contributed by atoms with Crippen LogP contribution in [0.2, 0.25) is 0 Å². The van der Waals surface area contributed by atoms with Gasteiger partial charge in [0, 0.05) is 19.6 Å². The molecule has 8 N–H and O–H groups in total. The van der Waals surface area contributed by atoms with Gasteiger partial charge in [-0.05, 0) is 6.20 Å². The highest BCUT2D eigenvalue weighted by atomic mass is 14.6. The standard InChI is InChI=1S/C3H8N2.C2H8N2/c4-2-1-3-5;3-1-2-4/h1-2H,3-5H2;1-4H2. The second-order valence-electron chi connectivity index (χ2n) is 1.24. The molecule has 0 bridgehead atoms. The van der Waals surface area contributed by atoms with Crippen LogP contribution in [0.3, 0.4) is 0 Å². The molecule has 0 rings (SSSR count). The lowest BCUT2D eigenvalue weighted by Gasteiger charge is -1.72. The zero-order chi connectivity index (χ0) is 7.54. The lowest BCUT2D eigenvalue weighted by molar-refractivity contribution is 0.976. The van der Waals surface area contributed by atoms with E-state index in [2.05, 4.69) is 0 Å². The van der Waals surface area contributed by atoms with Gasteiger partial charge in [0.2, 0.25) is 0 Å². The van der Waals surface area contributed by atoms with Crippen molar-refractivity contribution in [1.82, 2.24) is 0 Å². The average Bonchev–Trinajstić information content (AvgIpc) is 1.91. The van der Waals surface area contributed by atoms with E-state index in [-0.39, 0.29) is 0 Å². The maximum atomic E-state index is 4.97. The van der Waals surface area contributed by atoms with Gasteiger partial charge < -0.3 is 22.9 Å². The normalized spacial score (nSPS) is 8.78. The summed E-state index contributed by atoms with van der Waals surface area (Å²) in [5, 5.41) is 0. The Morgan fingerprint density at radius 2 is 1.44 bits per heavy atom. The molecule has 0 spiro atoms. The first kappa shape index (κ1) is 11.2. The molecule has 4 heteroatoms. The van der Waals surface area contributed by atoms with E-state index in [0.29, 0.717) is 19.6 Å². The van der Waals surface area contributed by atoms with E-state index in [9.17, 15) is 0 Å². The molecule has 0 unspecified atom stereocenters. The van der Waals surface area contributed by atoms with E-state index in [1.807, 2.05) is 0 Å². The fourth-order valence-corrected chi connectivity index (χ4v) is 0.0786. The Morgan fingerprint density at radius 3 is 1.44 bits per heavy atom. The summed E-state index contributed by atoms with van der Waals surface area (Å²) >= 11 is 0. The third-order valence-corrected chi connectivity index (χ3v) is 0.439. The molecule has 0 saturated carbocycles. The van der Waals surface area contributed by atoms with Gasteiger partial charge in [0.25, 0.3) is 0 Å². The van der Waals surface area contributed by atoms with Crippen molar-refractivity contribution in [2.24, 2.45) is 22.9 Å². The first-order chi connectivity index (χ1) is 4.33. The molecular weight excluding hydrogens is 116 g/mol. The van der Waals surface area contributed by atoms with Crippen molar-refractivity contribution in [3.05, 3.63) is 12.3 Å². The molecule has 0 aromatic heterocycles. The summed E-state index contributed by atoms with van der Waals surface area (Å²) in [7, 11) is 0. The number of hydrogen-bond donors (Lipinski definition) is 4. The molecule has 0 heterocycles. The highest BCUT2D eigenvalue weighted by molar-refractivity contribution is 4.75. The van der Waals surface area contributed by atoms with Crippen LogP contribution < -0.4 is 22.9 Å². The van der Waals surface area contributed by atoms with Crippen molar-refractivity contribution >= 4 is 0 Å². The monoisotopic (exact) mass is 132 g/mol. The maximum Gasteiger partial charge on any atom is 0.0123 e. The largest absolute Gasteiger partial charge is 0.405 e. The molecule has 0 aliphatic rings. The van der Waals surface area contributed by atoms with Crippen molar-refractivity contribution in [3.63, 3.8) is 0 Å². The Balaban J connectivity index is 0. The molecule has 0 aromatic carbocycles. The minimum atomic E-state index is 0.538. The second-order valence-corrected chi connectivity index (χ2v) is 1.24. The predicted octanol–water partition coefficient (Wildman–Crippen LogP) is -1.68. The van der Waals surface area contributed by atoms with Crippen molar-refractivity contribution < 1.29 is 0 Å². The molecule has 0 radical (unpaired) electrons. The van der Waals surface area contributed by atoms with Crippen LogP contribution in [0.1, 0.15) is 0 Å².